The first kappa shape index (κ1) is 19.6. The van der Waals surface area contributed by atoms with Crippen LogP contribution in [0.15, 0.2) is 61.2 Å². The van der Waals surface area contributed by atoms with Gasteiger partial charge in [-0.1, -0.05) is 12.1 Å². The summed E-state index contributed by atoms with van der Waals surface area (Å²) in [5.41, 5.74) is 3.43. The molecule has 3 heterocycles. The van der Waals surface area contributed by atoms with Crippen molar-refractivity contribution in [3.63, 3.8) is 0 Å². The predicted molar refractivity (Wildman–Crippen MR) is 116 cm³/mol. The molecular weight excluding hydrogens is 390 g/mol. The van der Waals surface area contributed by atoms with E-state index in [1.54, 1.807) is 42.9 Å². The van der Waals surface area contributed by atoms with Gasteiger partial charge in [0.2, 0.25) is 5.95 Å². The van der Waals surface area contributed by atoms with Gasteiger partial charge in [-0.25, -0.2) is 19.9 Å². The lowest BCUT2D eigenvalue weighted by Crippen LogP contribution is -2.16. The van der Waals surface area contributed by atoms with Crippen molar-refractivity contribution in [3.05, 3.63) is 72.3 Å². The van der Waals surface area contributed by atoms with Crippen molar-refractivity contribution in [1.82, 2.24) is 24.9 Å². The van der Waals surface area contributed by atoms with Gasteiger partial charge in [0.15, 0.2) is 0 Å². The standard InChI is InChI=1S/C22H17N9/c23-11-15-1-4-17(5-2-15)20-18(21-26-8-9-27-21)14-30-22(31-20)28-10-7-25-19-6-3-16(12-24)13-29-19/h1-6,8-9,13-14H,7,10H2,(H,25,29)(H,26,27)(H,28,30,31). The second-order valence-corrected chi connectivity index (χ2v) is 6.48. The molecule has 0 spiro atoms. The third-order valence-corrected chi connectivity index (χ3v) is 4.44. The van der Waals surface area contributed by atoms with Crippen LogP contribution in [-0.2, 0) is 0 Å². The van der Waals surface area contributed by atoms with Gasteiger partial charge in [0.05, 0.1) is 28.5 Å². The minimum Gasteiger partial charge on any atom is -0.368 e. The quantitative estimate of drug-likeness (QED) is 0.397. The van der Waals surface area contributed by atoms with Crippen LogP contribution in [0, 0.1) is 22.7 Å². The number of pyridine rings is 1. The fraction of sp³-hybridized carbons (Fsp3) is 0.0909. The van der Waals surface area contributed by atoms with Crippen molar-refractivity contribution in [1.29, 1.82) is 10.5 Å². The van der Waals surface area contributed by atoms with Gasteiger partial charge in [0, 0.05) is 43.4 Å². The van der Waals surface area contributed by atoms with Gasteiger partial charge in [0.1, 0.15) is 17.7 Å². The number of hydrogen-bond donors (Lipinski definition) is 3. The number of nitrogens with zero attached hydrogens (tertiary/aromatic N) is 6. The van der Waals surface area contributed by atoms with E-state index in [2.05, 4.69) is 41.6 Å². The largest absolute Gasteiger partial charge is 0.368 e. The van der Waals surface area contributed by atoms with Crippen molar-refractivity contribution >= 4 is 11.8 Å². The lowest BCUT2D eigenvalue weighted by Gasteiger charge is -2.11. The minimum absolute atomic E-state index is 0.476. The first-order chi connectivity index (χ1) is 15.3. The molecule has 9 heteroatoms. The predicted octanol–water partition coefficient (Wildman–Crippen LogP) is 3.20. The molecule has 0 radical (unpaired) electrons. The van der Waals surface area contributed by atoms with Crippen molar-refractivity contribution in [2.45, 2.75) is 0 Å². The van der Waals surface area contributed by atoms with Crippen LogP contribution < -0.4 is 10.6 Å². The molecule has 0 fully saturated rings. The molecule has 1 aromatic carbocycles. The van der Waals surface area contributed by atoms with E-state index in [1.807, 2.05) is 18.2 Å². The van der Waals surface area contributed by atoms with E-state index in [4.69, 9.17) is 10.5 Å². The SMILES string of the molecule is N#Cc1ccc(-c2nc(NCCNc3ccc(C#N)cn3)ncc2-c2ncc[nH]2)cc1. The number of nitrogens with one attached hydrogen (secondary N) is 3. The Bertz CT molecular complexity index is 1230. The molecule has 0 unspecified atom stereocenters. The molecule has 3 N–H and O–H groups in total. The third-order valence-electron chi connectivity index (χ3n) is 4.44. The third kappa shape index (κ3) is 4.63. The second-order valence-electron chi connectivity index (χ2n) is 6.48. The van der Waals surface area contributed by atoms with Crippen LogP contribution in [0.1, 0.15) is 11.1 Å². The Labute approximate surface area is 178 Å². The molecule has 0 aliphatic rings. The molecule has 0 amide bonds. The topological polar surface area (TPSA) is 139 Å². The Morgan fingerprint density at radius 3 is 2.29 bits per heavy atom. The minimum atomic E-state index is 0.476. The molecule has 9 nitrogen and oxygen atoms in total. The smallest absolute Gasteiger partial charge is 0.223 e. The van der Waals surface area contributed by atoms with E-state index in [0.717, 1.165) is 11.1 Å². The van der Waals surface area contributed by atoms with Crippen molar-refractivity contribution < 1.29 is 0 Å². The molecule has 150 valence electrons. The second kappa shape index (κ2) is 9.16. The van der Waals surface area contributed by atoms with Gasteiger partial charge < -0.3 is 15.6 Å². The number of H-pyrrole nitrogens is 1. The maximum atomic E-state index is 9.05. The molecule has 31 heavy (non-hydrogen) atoms. The summed E-state index contributed by atoms with van der Waals surface area (Å²) >= 11 is 0. The lowest BCUT2D eigenvalue weighted by atomic mass is 10.1. The Balaban J connectivity index is 1.49. The molecule has 4 rings (SSSR count). The number of rotatable bonds is 7. The number of imidazole rings is 1. The molecule has 3 aromatic heterocycles. The maximum Gasteiger partial charge on any atom is 0.223 e. The van der Waals surface area contributed by atoms with Crippen molar-refractivity contribution in [2.75, 3.05) is 23.7 Å². The Kier molecular flexibility index (Phi) is 5.78. The highest BCUT2D eigenvalue weighted by atomic mass is 15.1. The molecule has 0 aliphatic carbocycles. The molecule has 0 saturated heterocycles. The molecular formula is C22H17N9. The van der Waals surface area contributed by atoms with E-state index < -0.39 is 0 Å². The molecule has 0 atom stereocenters. The summed E-state index contributed by atoms with van der Waals surface area (Å²) in [5.74, 6) is 1.83. The highest BCUT2D eigenvalue weighted by Crippen LogP contribution is 2.28. The van der Waals surface area contributed by atoms with Gasteiger partial charge in [-0.15, -0.1) is 0 Å². The van der Waals surface area contributed by atoms with Gasteiger partial charge in [0.25, 0.3) is 0 Å². The average molecular weight is 407 g/mol. The fourth-order valence-electron chi connectivity index (χ4n) is 2.90. The first-order valence-electron chi connectivity index (χ1n) is 9.48. The van der Waals surface area contributed by atoms with E-state index in [0.29, 0.717) is 47.5 Å². The summed E-state index contributed by atoms with van der Waals surface area (Å²) in [7, 11) is 0. The summed E-state index contributed by atoms with van der Waals surface area (Å²) in [6, 6.07) is 14.9. The molecule has 0 saturated carbocycles. The van der Waals surface area contributed by atoms with Crippen LogP contribution in [0.25, 0.3) is 22.6 Å². The van der Waals surface area contributed by atoms with Crippen LogP contribution in [0.3, 0.4) is 0 Å². The number of aromatic amines is 1. The van der Waals surface area contributed by atoms with Crippen molar-refractivity contribution in [2.24, 2.45) is 0 Å². The van der Waals surface area contributed by atoms with Crippen LogP contribution in [-0.4, -0.2) is 38.0 Å². The summed E-state index contributed by atoms with van der Waals surface area (Å²) in [4.78, 5) is 20.7. The van der Waals surface area contributed by atoms with E-state index in [1.165, 1.54) is 6.20 Å². The number of anilines is 2. The summed E-state index contributed by atoms with van der Waals surface area (Å²) in [5, 5.41) is 24.2. The molecule has 0 aliphatic heterocycles. The van der Waals surface area contributed by atoms with E-state index in [9.17, 15) is 0 Å². The van der Waals surface area contributed by atoms with Crippen LogP contribution in [0.4, 0.5) is 11.8 Å². The first-order valence-corrected chi connectivity index (χ1v) is 9.48. The maximum absolute atomic E-state index is 9.05. The van der Waals surface area contributed by atoms with Gasteiger partial charge in [-0.05, 0) is 24.3 Å². The fourth-order valence-corrected chi connectivity index (χ4v) is 2.90. The van der Waals surface area contributed by atoms with Crippen LogP contribution in [0.5, 0.6) is 0 Å². The number of aromatic nitrogens is 5. The van der Waals surface area contributed by atoms with E-state index >= 15 is 0 Å². The van der Waals surface area contributed by atoms with Gasteiger partial charge in [-0.3, -0.25) is 0 Å². The zero-order chi connectivity index (χ0) is 21.5. The van der Waals surface area contributed by atoms with E-state index in [-0.39, 0.29) is 0 Å². The summed E-state index contributed by atoms with van der Waals surface area (Å²) < 4.78 is 0. The van der Waals surface area contributed by atoms with Crippen LogP contribution in [0.2, 0.25) is 0 Å². The highest BCUT2D eigenvalue weighted by Gasteiger charge is 2.13. The summed E-state index contributed by atoms with van der Waals surface area (Å²) in [6.45, 7) is 1.16. The molecule has 0 bridgehead atoms. The Morgan fingerprint density at radius 1 is 0.839 bits per heavy atom. The number of benzene rings is 1. The summed E-state index contributed by atoms with van der Waals surface area (Å²) in [6.07, 6.45) is 6.66. The normalized spacial score (nSPS) is 10.1. The van der Waals surface area contributed by atoms with Gasteiger partial charge >= 0.3 is 0 Å². The Morgan fingerprint density at radius 2 is 1.61 bits per heavy atom. The monoisotopic (exact) mass is 407 g/mol. The zero-order valence-corrected chi connectivity index (χ0v) is 16.4. The van der Waals surface area contributed by atoms with Gasteiger partial charge in [-0.2, -0.15) is 10.5 Å². The zero-order valence-electron chi connectivity index (χ0n) is 16.4. The Hall–Kier alpha value is -4.76. The highest BCUT2D eigenvalue weighted by molar-refractivity contribution is 5.77. The lowest BCUT2D eigenvalue weighted by molar-refractivity contribution is 1.02. The van der Waals surface area contributed by atoms with Crippen molar-refractivity contribution in [3.8, 4) is 34.8 Å². The average Bonchev–Trinajstić information content (AvgIpc) is 3.37. The number of hydrogen-bond acceptors (Lipinski definition) is 8. The molecule has 4 aromatic rings. The number of nitriles is 2. The van der Waals surface area contributed by atoms with Crippen LogP contribution >= 0.6 is 0 Å².